The van der Waals surface area contributed by atoms with Crippen molar-refractivity contribution in [2.24, 2.45) is 0 Å². The highest BCUT2D eigenvalue weighted by Crippen LogP contribution is 2.29. The molecule has 5 nitrogen and oxygen atoms in total. The van der Waals surface area contributed by atoms with Gasteiger partial charge in [-0.3, -0.25) is 0 Å². The Hall–Kier alpha value is -1.10. The van der Waals surface area contributed by atoms with Gasteiger partial charge in [-0.05, 0) is 0 Å². The molecule has 1 aliphatic heterocycles. The SMILES string of the molecule is COC(=O)C1(C(=O)OC)CO1. The van der Waals surface area contributed by atoms with Crippen molar-refractivity contribution in [3.05, 3.63) is 0 Å². The molecule has 0 atom stereocenters. The van der Waals surface area contributed by atoms with Gasteiger partial charge >= 0.3 is 11.9 Å². The maximum Gasteiger partial charge on any atom is 0.352 e. The molecule has 1 aliphatic rings. The van der Waals surface area contributed by atoms with Crippen molar-refractivity contribution in [1.82, 2.24) is 0 Å². The van der Waals surface area contributed by atoms with Crippen molar-refractivity contribution in [2.45, 2.75) is 5.60 Å². The van der Waals surface area contributed by atoms with Crippen molar-refractivity contribution in [3.63, 3.8) is 0 Å². The topological polar surface area (TPSA) is 65.1 Å². The molecular formula is C6H8O5. The van der Waals surface area contributed by atoms with E-state index in [2.05, 4.69) is 14.2 Å². The zero-order valence-corrected chi connectivity index (χ0v) is 6.25. The monoisotopic (exact) mass is 160 g/mol. The summed E-state index contributed by atoms with van der Waals surface area (Å²) in [6.07, 6.45) is 0. The smallest absolute Gasteiger partial charge is 0.352 e. The molecule has 0 aromatic carbocycles. The zero-order chi connectivity index (χ0) is 8.48. The summed E-state index contributed by atoms with van der Waals surface area (Å²) in [5.74, 6) is -1.41. The first kappa shape index (κ1) is 8.00. The van der Waals surface area contributed by atoms with E-state index >= 15 is 0 Å². The lowest BCUT2D eigenvalue weighted by molar-refractivity contribution is -0.160. The van der Waals surface area contributed by atoms with Crippen LogP contribution < -0.4 is 0 Å². The number of ether oxygens (including phenoxy) is 3. The number of carbonyl (C=O) groups excluding carboxylic acids is 2. The summed E-state index contributed by atoms with van der Waals surface area (Å²) in [5.41, 5.74) is -1.45. The van der Waals surface area contributed by atoms with E-state index in [1.807, 2.05) is 0 Å². The molecular weight excluding hydrogens is 152 g/mol. The molecule has 1 fully saturated rings. The molecule has 0 amide bonds. The molecule has 62 valence electrons. The molecule has 0 unspecified atom stereocenters. The Morgan fingerprint density at radius 2 is 1.64 bits per heavy atom. The summed E-state index contributed by atoms with van der Waals surface area (Å²) in [6.45, 7) is 0.0480. The minimum Gasteiger partial charge on any atom is -0.466 e. The molecule has 0 aromatic heterocycles. The van der Waals surface area contributed by atoms with Crippen LogP contribution >= 0.6 is 0 Å². The van der Waals surface area contributed by atoms with Crippen LogP contribution in [0.15, 0.2) is 0 Å². The lowest BCUT2D eigenvalue weighted by Crippen LogP contribution is -2.36. The molecule has 0 bridgehead atoms. The molecule has 11 heavy (non-hydrogen) atoms. The maximum absolute atomic E-state index is 10.8. The third kappa shape index (κ3) is 1.07. The quantitative estimate of drug-likeness (QED) is 0.297. The van der Waals surface area contributed by atoms with Crippen LogP contribution in [-0.4, -0.2) is 38.4 Å². The fourth-order valence-electron chi connectivity index (χ4n) is 0.721. The number of hydrogen-bond acceptors (Lipinski definition) is 5. The molecule has 0 N–H and O–H groups in total. The third-order valence-electron chi connectivity index (χ3n) is 1.46. The maximum atomic E-state index is 10.8. The number of carbonyl (C=O) groups is 2. The van der Waals surface area contributed by atoms with E-state index < -0.39 is 17.5 Å². The predicted molar refractivity (Wildman–Crippen MR) is 32.7 cm³/mol. The highest BCUT2D eigenvalue weighted by atomic mass is 16.7. The second-order valence-electron chi connectivity index (χ2n) is 2.10. The van der Waals surface area contributed by atoms with Gasteiger partial charge in [-0.2, -0.15) is 0 Å². The van der Waals surface area contributed by atoms with Crippen LogP contribution in [0.25, 0.3) is 0 Å². The van der Waals surface area contributed by atoms with Gasteiger partial charge in [0.1, 0.15) is 6.61 Å². The van der Waals surface area contributed by atoms with Gasteiger partial charge in [-0.15, -0.1) is 0 Å². The van der Waals surface area contributed by atoms with Gasteiger partial charge in [0.05, 0.1) is 14.2 Å². The van der Waals surface area contributed by atoms with Gasteiger partial charge in [0.15, 0.2) is 0 Å². The largest absolute Gasteiger partial charge is 0.466 e. The number of esters is 2. The summed E-state index contributed by atoms with van der Waals surface area (Å²) in [7, 11) is 2.38. The summed E-state index contributed by atoms with van der Waals surface area (Å²) in [4.78, 5) is 21.7. The van der Waals surface area contributed by atoms with Gasteiger partial charge in [0, 0.05) is 0 Å². The molecule has 0 aromatic rings. The number of epoxide rings is 1. The molecule has 1 heterocycles. The Morgan fingerprint density at radius 3 is 1.82 bits per heavy atom. The van der Waals surface area contributed by atoms with Crippen LogP contribution in [0.4, 0.5) is 0 Å². The number of rotatable bonds is 2. The van der Waals surface area contributed by atoms with Gasteiger partial charge in [-0.25, -0.2) is 9.59 Å². The van der Waals surface area contributed by atoms with E-state index in [9.17, 15) is 9.59 Å². The summed E-state index contributed by atoms with van der Waals surface area (Å²) < 4.78 is 13.3. The van der Waals surface area contributed by atoms with Crippen molar-refractivity contribution in [2.75, 3.05) is 20.8 Å². The first-order chi connectivity index (χ1) is 5.17. The predicted octanol–water partition coefficient (Wildman–Crippen LogP) is -0.899. The summed E-state index contributed by atoms with van der Waals surface area (Å²) >= 11 is 0. The summed E-state index contributed by atoms with van der Waals surface area (Å²) in [6, 6.07) is 0. The van der Waals surface area contributed by atoms with E-state index in [-0.39, 0.29) is 6.61 Å². The minimum absolute atomic E-state index is 0.0480. The molecule has 0 aliphatic carbocycles. The van der Waals surface area contributed by atoms with Crippen molar-refractivity contribution in [1.29, 1.82) is 0 Å². The van der Waals surface area contributed by atoms with Gasteiger partial charge in [-0.1, -0.05) is 0 Å². The highest BCUT2D eigenvalue weighted by Gasteiger charge is 2.62. The lowest BCUT2D eigenvalue weighted by Gasteiger charge is -2.05. The van der Waals surface area contributed by atoms with Crippen molar-refractivity contribution >= 4 is 11.9 Å². The fraction of sp³-hybridized carbons (Fsp3) is 0.667. The van der Waals surface area contributed by atoms with Crippen LogP contribution in [0.2, 0.25) is 0 Å². The lowest BCUT2D eigenvalue weighted by atomic mass is 10.2. The molecule has 1 saturated heterocycles. The van der Waals surface area contributed by atoms with Crippen LogP contribution in [0.5, 0.6) is 0 Å². The number of hydrogen-bond donors (Lipinski definition) is 0. The first-order valence-corrected chi connectivity index (χ1v) is 2.98. The van der Waals surface area contributed by atoms with E-state index in [0.717, 1.165) is 0 Å². The Labute approximate surface area is 63.2 Å². The van der Waals surface area contributed by atoms with E-state index in [1.165, 1.54) is 14.2 Å². The van der Waals surface area contributed by atoms with E-state index in [1.54, 1.807) is 0 Å². The summed E-state index contributed by atoms with van der Waals surface area (Å²) in [5, 5.41) is 0. The van der Waals surface area contributed by atoms with E-state index in [0.29, 0.717) is 0 Å². The molecule has 1 rings (SSSR count). The highest BCUT2D eigenvalue weighted by molar-refractivity contribution is 6.06. The Kier molecular flexibility index (Phi) is 1.82. The van der Waals surface area contributed by atoms with E-state index in [4.69, 9.17) is 0 Å². The third-order valence-corrected chi connectivity index (χ3v) is 1.46. The second kappa shape index (κ2) is 2.50. The average Bonchev–Trinajstić information content (AvgIpc) is 2.82. The molecule has 0 radical (unpaired) electrons. The minimum atomic E-state index is -1.45. The standard InChI is InChI=1S/C6H8O5/c1-9-4(7)6(3-11-6)5(8)10-2/h3H2,1-2H3. The second-order valence-corrected chi connectivity index (χ2v) is 2.10. The van der Waals surface area contributed by atoms with Crippen LogP contribution in [0.3, 0.4) is 0 Å². The normalized spacial score (nSPS) is 18.7. The average molecular weight is 160 g/mol. The van der Waals surface area contributed by atoms with Crippen LogP contribution in [0, 0.1) is 0 Å². The Balaban J connectivity index is 2.67. The first-order valence-electron chi connectivity index (χ1n) is 2.98. The Bertz CT molecular complexity index is 175. The Morgan fingerprint density at radius 1 is 1.27 bits per heavy atom. The molecule has 0 spiro atoms. The molecule has 0 saturated carbocycles. The zero-order valence-electron chi connectivity index (χ0n) is 6.25. The van der Waals surface area contributed by atoms with Gasteiger partial charge < -0.3 is 14.2 Å². The van der Waals surface area contributed by atoms with Crippen molar-refractivity contribution in [3.8, 4) is 0 Å². The van der Waals surface area contributed by atoms with Crippen molar-refractivity contribution < 1.29 is 23.8 Å². The van der Waals surface area contributed by atoms with Gasteiger partial charge in [0.25, 0.3) is 5.60 Å². The number of methoxy groups -OCH3 is 2. The fourth-order valence-corrected chi connectivity index (χ4v) is 0.721. The van der Waals surface area contributed by atoms with Gasteiger partial charge in [0.2, 0.25) is 0 Å². The van der Waals surface area contributed by atoms with Crippen LogP contribution in [0.1, 0.15) is 0 Å². The van der Waals surface area contributed by atoms with Crippen LogP contribution in [-0.2, 0) is 23.8 Å². The molecule has 5 heteroatoms.